The predicted octanol–water partition coefficient (Wildman–Crippen LogP) is 3.44. The topological polar surface area (TPSA) is 12.9 Å². The van der Waals surface area contributed by atoms with E-state index in [4.69, 9.17) is 0 Å². The first-order valence-electron chi connectivity index (χ1n) is 4.22. The van der Waals surface area contributed by atoms with Crippen molar-refractivity contribution in [2.75, 3.05) is 0 Å². The molecule has 0 amide bonds. The first-order valence-corrected chi connectivity index (χ1v) is 5.34. The Morgan fingerprint density at radius 2 is 2.15 bits per heavy atom. The number of alkyl halides is 1. The van der Waals surface area contributed by atoms with Gasteiger partial charge in [0, 0.05) is 22.6 Å². The standard InChI is InChI=1S/C11H10BrN/c1-8-11-9(5-6-13-8)3-2-4-10(11)7-12/h2-6H,7H2,1H3. The van der Waals surface area contributed by atoms with Gasteiger partial charge in [-0.3, -0.25) is 4.98 Å². The predicted molar refractivity (Wildman–Crippen MR) is 59.1 cm³/mol. The molecule has 1 heterocycles. The van der Waals surface area contributed by atoms with Crippen LogP contribution < -0.4 is 0 Å². The summed E-state index contributed by atoms with van der Waals surface area (Å²) in [5, 5.41) is 3.43. The van der Waals surface area contributed by atoms with Crippen LogP contribution in [0.15, 0.2) is 30.5 Å². The van der Waals surface area contributed by atoms with Gasteiger partial charge >= 0.3 is 0 Å². The molecule has 0 radical (unpaired) electrons. The molecular formula is C11H10BrN. The lowest BCUT2D eigenvalue weighted by molar-refractivity contribution is 1.23. The highest BCUT2D eigenvalue weighted by atomic mass is 79.9. The van der Waals surface area contributed by atoms with Crippen LogP contribution in [0.2, 0.25) is 0 Å². The fraction of sp³-hybridized carbons (Fsp3) is 0.182. The van der Waals surface area contributed by atoms with Crippen molar-refractivity contribution in [2.24, 2.45) is 0 Å². The number of hydrogen-bond acceptors (Lipinski definition) is 1. The van der Waals surface area contributed by atoms with Gasteiger partial charge in [0.1, 0.15) is 0 Å². The van der Waals surface area contributed by atoms with Crippen molar-refractivity contribution in [2.45, 2.75) is 12.3 Å². The van der Waals surface area contributed by atoms with Crippen LogP contribution >= 0.6 is 15.9 Å². The normalized spacial score (nSPS) is 10.6. The van der Waals surface area contributed by atoms with Gasteiger partial charge in [-0.05, 0) is 23.9 Å². The van der Waals surface area contributed by atoms with Gasteiger partial charge in [0.2, 0.25) is 0 Å². The van der Waals surface area contributed by atoms with Gasteiger partial charge in [-0.2, -0.15) is 0 Å². The van der Waals surface area contributed by atoms with E-state index < -0.39 is 0 Å². The summed E-state index contributed by atoms with van der Waals surface area (Å²) in [7, 11) is 0. The lowest BCUT2D eigenvalue weighted by Gasteiger charge is -2.05. The number of aromatic nitrogens is 1. The summed E-state index contributed by atoms with van der Waals surface area (Å²) >= 11 is 3.48. The Kier molecular flexibility index (Phi) is 2.32. The Morgan fingerprint density at radius 1 is 1.31 bits per heavy atom. The number of benzene rings is 1. The first-order chi connectivity index (χ1) is 6.33. The third kappa shape index (κ3) is 1.46. The van der Waals surface area contributed by atoms with Gasteiger partial charge in [0.25, 0.3) is 0 Å². The average molecular weight is 236 g/mol. The molecule has 1 nitrogen and oxygen atoms in total. The lowest BCUT2D eigenvalue weighted by Crippen LogP contribution is -1.87. The second-order valence-corrected chi connectivity index (χ2v) is 3.61. The van der Waals surface area contributed by atoms with Gasteiger partial charge < -0.3 is 0 Å². The lowest BCUT2D eigenvalue weighted by atomic mass is 10.1. The van der Waals surface area contributed by atoms with E-state index in [0.29, 0.717) is 0 Å². The minimum absolute atomic E-state index is 0.886. The molecule has 0 saturated heterocycles. The second kappa shape index (κ2) is 3.46. The Morgan fingerprint density at radius 3 is 2.92 bits per heavy atom. The molecule has 0 fully saturated rings. The molecule has 13 heavy (non-hydrogen) atoms. The molecule has 0 unspecified atom stereocenters. The van der Waals surface area contributed by atoms with E-state index in [2.05, 4.69) is 52.1 Å². The Bertz CT molecular complexity index is 432. The van der Waals surface area contributed by atoms with Gasteiger partial charge in [0.05, 0.1) is 0 Å². The van der Waals surface area contributed by atoms with E-state index >= 15 is 0 Å². The third-order valence-electron chi connectivity index (χ3n) is 2.21. The molecule has 0 N–H and O–H groups in total. The maximum atomic E-state index is 4.30. The highest BCUT2D eigenvalue weighted by Gasteiger charge is 2.02. The van der Waals surface area contributed by atoms with E-state index in [0.717, 1.165) is 11.0 Å². The van der Waals surface area contributed by atoms with Crippen molar-refractivity contribution < 1.29 is 0 Å². The molecule has 0 aliphatic carbocycles. The van der Waals surface area contributed by atoms with Crippen molar-refractivity contribution >= 4 is 26.7 Å². The van der Waals surface area contributed by atoms with Crippen LogP contribution in [0.5, 0.6) is 0 Å². The van der Waals surface area contributed by atoms with Gasteiger partial charge in [-0.1, -0.05) is 34.1 Å². The van der Waals surface area contributed by atoms with Crippen LogP contribution in [0, 0.1) is 6.92 Å². The molecule has 1 aromatic carbocycles. The highest BCUT2D eigenvalue weighted by Crippen LogP contribution is 2.22. The summed E-state index contributed by atoms with van der Waals surface area (Å²) in [6, 6.07) is 8.38. The molecule has 1 aromatic heterocycles. The van der Waals surface area contributed by atoms with Crippen LogP contribution in [0.4, 0.5) is 0 Å². The van der Waals surface area contributed by atoms with Crippen molar-refractivity contribution in [3.63, 3.8) is 0 Å². The maximum Gasteiger partial charge on any atom is 0.0453 e. The number of hydrogen-bond donors (Lipinski definition) is 0. The molecule has 0 saturated carbocycles. The summed E-state index contributed by atoms with van der Waals surface area (Å²) in [6.07, 6.45) is 1.86. The molecule has 0 atom stereocenters. The summed E-state index contributed by atoms with van der Waals surface area (Å²) < 4.78 is 0. The second-order valence-electron chi connectivity index (χ2n) is 3.05. The molecule has 0 spiro atoms. The molecule has 0 aliphatic heterocycles. The summed E-state index contributed by atoms with van der Waals surface area (Å²) in [6.45, 7) is 2.05. The molecule has 0 aliphatic rings. The van der Waals surface area contributed by atoms with Crippen molar-refractivity contribution in [3.05, 3.63) is 41.7 Å². The maximum absolute atomic E-state index is 4.30. The number of halogens is 1. The van der Waals surface area contributed by atoms with Crippen molar-refractivity contribution in [3.8, 4) is 0 Å². The van der Waals surface area contributed by atoms with Crippen LogP contribution in [-0.2, 0) is 5.33 Å². The molecule has 66 valence electrons. The Hall–Kier alpha value is -0.890. The summed E-state index contributed by atoms with van der Waals surface area (Å²) in [5.41, 5.74) is 2.41. The van der Waals surface area contributed by atoms with Crippen LogP contribution in [0.3, 0.4) is 0 Å². The van der Waals surface area contributed by atoms with Crippen LogP contribution in [0.1, 0.15) is 11.3 Å². The first kappa shape index (κ1) is 8.70. The zero-order chi connectivity index (χ0) is 9.26. The number of aryl methyl sites for hydroxylation is 1. The number of pyridine rings is 1. The third-order valence-corrected chi connectivity index (χ3v) is 2.82. The van der Waals surface area contributed by atoms with Gasteiger partial charge in [-0.25, -0.2) is 0 Å². The zero-order valence-corrected chi connectivity index (χ0v) is 9.01. The zero-order valence-electron chi connectivity index (χ0n) is 7.42. The highest BCUT2D eigenvalue weighted by molar-refractivity contribution is 9.08. The average Bonchev–Trinajstić information content (AvgIpc) is 2.17. The van der Waals surface area contributed by atoms with Crippen LogP contribution in [-0.4, -0.2) is 4.98 Å². The van der Waals surface area contributed by atoms with Crippen molar-refractivity contribution in [1.82, 2.24) is 4.98 Å². The minimum Gasteiger partial charge on any atom is -0.261 e. The molecule has 2 aromatic rings. The van der Waals surface area contributed by atoms with E-state index in [-0.39, 0.29) is 0 Å². The number of fused-ring (bicyclic) bond motifs is 1. The summed E-state index contributed by atoms with van der Waals surface area (Å²) in [4.78, 5) is 4.30. The van der Waals surface area contributed by atoms with E-state index in [1.165, 1.54) is 16.3 Å². The van der Waals surface area contributed by atoms with Gasteiger partial charge in [0.15, 0.2) is 0 Å². The fourth-order valence-electron chi connectivity index (χ4n) is 1.61. The van der Waals surface area contributed by atoms with Crippen molar-refractivity contribution in [1.29, 1.82) is 0 Å². The monoisotopic (exact) mass is 235 g/mol. The van der Waals surface area contributed by atoms with E-state index in [1.54, 1.807) is 0 Å². The van der Waals surface area contributed by atoms with E-state index in [9.17, 15) is 0 Å². The summed E-state index contributed by atoms with van der Waals surface area (Å²) in [5.74, 6) is 0. The smallest absolute Gasteiger partial charge is 0.0453 e. The van der Waals surface area contributed by atoms with Crippen LogP contribution in [0.25, 0.3) is 10.8 Å². The van der Waals surface area contributed by atoms with Gasteiger partial charge in [-0.15, -0.1) is 0 Å². The fourth-order valence-corrected chi connectivity index (χ4v) is 2.07. The number of nitrogens with zero attached hydrogens (tertiary/aromatic N) is 1. The Labute approximate surface area is 85.9 Å². The molecule has 0 bridgehead atoms. The number of rotatable bonds is 1. The molecule has 2 heteroatoms. The minimum atomic E-state index is 0.886. The van der Waals surface area contributed by atoms with E-state index in [1.807, 2.05) is 6.20 Å². The molecular weight excluding hydrogens is 226 g/mol. The quantitative estimate of drug-likeness (QED) is 0.691. The largest absolute Gasteiger partial charge is 0.261 e. The SMILES string of the molecule is Cc1nccc2cccc(CBr)c12. The Balaban J connectivity index is 2.87. The molecule has 2 rings (SSSR count).